The number of aryl methyl sites for hydroxylation is 1. The van der Waals surface area contributed by atoms with Crippen molar-refractivity contribution in [1.82, 2.24) is 14.8 Å². The molecule has 1 aliphatic rings. The molecule has 0 bridgehead atoms. The Bertz CT molecular complexity index is 1170. The van der Waals surface area contributed by atoms with Crippen LogP contribution >= 0.6 is 0 Å². The number of aromatic nitrogens is 3. The van der Waals surface area contributed by atoms with Gasteiger partial charge in [0.25, 0.3) is 5.91 Å². The second kappa shape index (κ2) is 7.64. The molecule has 1 amide bonds. The molecule has 0 fully saturated rings. The molecular weight excluding hydrogens is 409 g/mol. The first-order chi connectivity index (χ1) is 14.7. The molecule has 1 atom stereocenters. The third kappa shape index (κ3) is 3.83. The number of carbonyl (C=O) groups excluding carboxylic acids is 2. The van der Waals surface area contributed by atoms with E-state index in [9.17, 15) is 22.8 Å². The molecule has 0 N–H and O–H groups in total. The summed E-state index contributed by atoms with van der Waals surface area (Å²) in [5, 5.41) is 7.95. The van der Waals surface area contributed by atoms with Gasteiger partial charge in [-0.3, -0.25) is 9.59 Å². The van der Waals surface area contributed by atoms with Gasteiger partial charge in [0.2, 0.25) is 0 Å². The van der Waals surface area contributed by atoms with Crippen molar-refractivity contribution in [1.29, 1.82) is 0 Å². The normalized spacial score (nSPS) is 14.6. The van der Waals surface area contributed by atoms with Crippen molar-refractivity contribution in [2.45, 2.75) is 32.0 Å². The van der Waals surface area contributed by atoms with E-state index in [1.807, 2.05) is 24.6 Å². The topological polar surface area (TPSA) is 68.1 Å². The van der Waals surface area contributed by atoms with E-state index >= 15 is 0 Å². The van der Waals surface area contributed by atoms with Gasteiger partial charge in [-0.05, 0) is 41.3 Å². The Balaban J connectivity index is 1.66. The lowest BCUT2D eigenvalue weighted by Gasteiger charge is -2.19. The van der Waals surface area contributed by atoms with Crippen molar-refractivity contribution in [2.24, 2.45) is 7.05 Å². The van der Waals surface area contributed by atoms with E-state index in [-0.39, 0.29) is 29.2 Å². The van der Waals surface area contributed by atoms with Crippen molar-refractivity contribution in [3.63, 3.8) is 0 Å². The van der Waals surface area contributed by atoms with Gasteiger partial charge in [0.05, 0.1) is 12.1 Å². The zero-order chi connectivity index (χ0) is 22.3. The van der Waals surface area contributed by atoms with Crippen molar-refractivity contribution in [3.05, 3.63) is 76.4 Å². The standard InChI is InChI=1S/C22H19F3N4O2/c1-13(6-20-27-26-12-28(20)2)15-4-3-5-16(9-15)29-10-18-17(21(29)31)7-14(11-30)8-19(18)22(23,24)25/h3-5,7-9,11-13H,6,10H2,1-2H3. The number of anilines is 1. The van der Waals surface area contributed by atoms with Gasteiger partial charge in [-0.2, -0.15) is 13.2 Å². The number of rotatable bonds is 5. The average Bonchev–Trinajstić information content (AvgIpc) is 3.29. The van der Waals surface area contributed by atoms with Crippen molar-refractivity contribution >= 4 is 17.9 Å². The molecule has 0 saturated heterocycles. The van der Waals surface area contributed by atoms with Gasteiger partial charge in [-0.1, -0.05) is 19.1 Å². The molecule has 1 unspecified atom stereocenters. The number of aldehydes is 1. The molecule has 160 valence electrons. The van der Waals surface area contributed by atoms with Crippen LogP contribution in [0.1, 0.15) is 56.1 Å². The number of hydrogen-bond acceptors (Lipinski definition) is 4. The second-order valence-corrected chi connectivity index (χ2v) is 7.66. The Labute approximate surface area is 176 Å². The number of benzene rings is 2. The second-order valence-electron chi connectivity index (χ2n) is 7.66. The quantitative estimate of drug-likeness (QED) is 0.573. The molecule has 1 aliphatic heterocycles. The van der Waals surface area contributed by atoms with Crippen LogP contribution in [0.3, 0.4) is 0 Å². The monoisotopic (exact) mass is 428 g/mol. The van der Waals surface area contributed by atoms with Crippen molar-refractivity contribution in [3.8, 4) is 0 Å². The van der Waals surface area contributed by atoms with Crippen LogP contribution in [0.15, 0.2) is 42.7 Å². The van der Waals surface area contributed by atoms with Crippen LogP contribution in [0.4, 0.5) is 18.9 Å². The van der Waals surface area contributed by atoms with Gasteiger partial charge >= 0.3 is 6.18 Å². The summed E-state index contributed by atoms with van der Waals surface area (Å²) in [6.07, 6.45) is -2.11. The van der Waals surface area contributed by atoms with E-state index in [0.717, 1.165) is 17.5 Å². The first kappa shape index (κ1) is 20.8. The zero-order valence-corrected chi connectivity index (χ0v) is 16.8. The molecule has 9 heteroatoms. The first-order valence-corrected chi connectivity index (χ1v) is 9.63. The SMILES string of the molecule is CC(Cc1nncn1C)c1cccc(N2Cc3c(cc(C=O)cc3C(F)(F)F)C2=O)c1. The third-order valence-corrected chi connectivity index (χ3v) is 5.55. The Morgan fingerprint density at radius 3 is 2.65 bits per heavy atom. The lowest BCUT2D eigenvalue weighted by atomic mass is 9.97. The molecule has 3 aromatic rings. The third-order valence-electron chi connectivity index (χ3n) is 5.55. The molecule has 2 aromatic carbocycles. The Kier molecular flexibility index (Phi) is 5.12. The highest BCUT2D eigenvalue weighted by atomic mass is 19.4. The summed E-state index contributed by atoms with van der Waals surface area (Å²) in [4.78, 5) is 25.4. The summed E-state index contributed by atoms with van der Waals surface area (Å²) in [7, 11) is 1.85. The highest BCUT2D eigenvalue weighted by Crippen LogP contribution is 2.39. The fourth-order valence-electron chi connectivity index (χ4n) is 3.84. The van der Waals surface area contributed by atoms with Gasteiger partial charge < -0.3 is 9.47 Å². The fourth-order valence-corrected chi connectivity index (χ4v) is 3.84. The molecule has 4 rings (SSSR count). The Morgan fingerprint density at radius 1 is 1.23 bits per heavy atom. The summed E-state index contributed by atoms with van der Waals surface area (Å²) < 4.78 is 42.4. The molecule has 6 nitrogen and oxygen atoms in total. The molecule has 0 spiro atoms. The summed E-state index contributed by atoms with van der Waals surface area (Å²) in [6.45, 7) is 1.80. The predicted molar refractivity (Wildman–Crippen MR) is 107 cm³/mol. The maximum Gasteiger partial charge on any atom is 0.416 e. The minimum Gasteiger partial charge on any atom is -0.321 e. The number of halogens is 3. The molecule has 0 saturated carbocycles. The van der Waals surface area contributed by atoms with Gasteiger partial charge in [-0.25, -0.2) is 0 Å². The van der Waals surface area contributed by atoms with E-state index in [0.29, 0.717) is 18.4 Å². The van der Waals surface area contributed by atoms with Gasteiger partial charge in [0.1, 0.15) is 18.4 Å². The van der Waals surface area contributed by atoms with Crippen molar-refractivity contribution in [2.75, 3.05) is 4.90 Å². The maximum atomic E-state index is 13.5. The van der Waals surface area contributed by atoms with Gasteiger partial charge in [-0.15, -0.1) is 10.2 Å². The first-order valence-electron chi connectivity index (χ1n) is 9.63. The van der Waals surface area contributed by atoms with E-state index in [4.69, 9.17) is 0 Å². The van der Waals surface area contributed by atoms with Gasteiger partial charge in [0.15, 0.2) is 0 Å². The molecular formula is C22H19F3N4O2. The number of nitrogens with zero attached hydrogens (tertiary/aromatic N) is 4. The summed E-state index contributed by atoms with van der Waals surface area (Å²) in [5.41, 5.74) is 0.107. The fraction of sp³-hybridized carbons (Fsp3) is 0.273. The lowest BCUT2D eigenvalue weighted by molar-refractivity contribution is -0.138. The van der Waals surface area contributed by atoms with E-state index < -0.39 is 17.6 Å². The average molecular weight is 428 g/mol. The number of carbonyl (C=O) groups is 2. The Morgan fingerprint density at radius 2 is 2.00 bits per heavy atom. The lowest BCUT2D eigenvalue weighted by Crippen LogP contribution is -2.23. The zero-order valence-electron chi connectivity index (χ0n) is 16.8. The van der Waals surface area contributed by atoms with Crippen LogP contribution in [-0.4, -0.2) is 27.0 Å². The van der Waals surface area contributed by atoms with Crippen LogP contribution < -0.4 is 4.90 Å². The summed E-state index contributed by atoms with van der Waals surface area (Å²) in [5.74, 6) is 0.302. The van der Waals surface area contributed by atoms with E-state index in [1.165, 1.54) is 11.0 Å². The number of hydrogen-bond donors (Lipinski definition) is 0. The maximum absolute atomic E-state index is 13.5. The summed E-state index contributed by atoms with van der Waals surface area (Å²) in [6, 6.07) is 9.19. The van der Waals surface area contributed by atoms with Crippen LogP contribution in [-0.2, 0) is 26.2 Å². The minimum absolute atomic E-state index is 0.0512. The highest BCUT2D eigenvalue weighted by molar-refractivity contribution is 6.11. The van der Waals surface area contributed by atoms with Crippen molar-refractivity contribution < 1.29 is 22.8 Å². The van der Waals surface area contributed by atoms with Crippen LogP contribution in [0.5, 0.6) is 0 Å². The predicted octanol–water partition coefficient (Wildman–Crippen LogP) is 4.15. The minimum atomic E-state index is -4.66. The molecule has 0 aliphatic carbocycles. The smallest absolute Gasteiger partial charge is 0.321 e. The molecule has 0 radical (unpaired) electrons. The molecule has 1 aromatic heterocycles. The largest absolute Gasteiger partial charge is 0.416 e. The van der Waals surface area contributed by atoms with Crippen LogP contribution in [0.2, 0.25) is 0 Å². The number of alkyl halides is 3. The van der Waals surface area contributed by atoms with E-state index in [1.54, 1.807) is 24.5 Å². The van der Waals surface area contributed by atoms with Gasteiger partial charge in [0, 0.05) is 30.3 Å². The summed E-state index contributed by atoms with van der Waals surface area (Å²) >= 11 is 0. The van der Waals surface area contributed by atoms with Crippen LogP contribution in [0, 0.1) is 0 Å². The highest BCUT2D eigenvalue weighted by Gasteiger charge is 2.40. The number of fused-ring (bicyclic) bond motifs is 1. The molecule has 31 heavy (non-hydrogen) atoms. The number of amides is 1. The van der Waals surface area contributed by atoms with Crippen LogP contribution in [0.25, 0.3) is 0 Å². The van der Waals surface area contributed by atoms with E-state index in [2.05, 4.69) is 10.2 Å². The Hall–Kier alpha value is -3.49. The molecule has 2 heterocycles.